The number of fused-ring (bicyclic) bond motifs is 1. The van der Waals surface area contributed by atoms with Crippen molar-refractivity contribution in [1.29, 1.82) is 0 Å². The van der Waals surface area contributed by atoms with E-state index in [-0.39, 0.29) is 60.3 Å². The molecule has 0 saturated heterocycles. The Morgan fingerprint density at radius 1 is 0.269 bits per heavy atom. The van der Waals surface area contributed by atoms with Gasteiger partial charge in [-0.05, 0) is 53.3 Å². The van der Waals surface area contributed by atoms with Crippen molar-refractivity contribution >= 4 is 10.8 Å². The van der Waals surface area contributed by atoms with Crippen molar-refractivity contribution in [1.82, 2.24) is 80.7 Å². The van der Waals surface area contributed by atoms with Crippen LogP contribution < -0.4 is 0 Å². The number of hydrogen-bond donors (Lipinski definition) is 0. The van der Waals surface area contributed by atoms with E-state index < -0.39 is 0 Å². The Morgan fingerprint density at radius 2 is 0.673 bits per heavy atom. The first-order chi connectivity index (χ1) is 50.0. The van der Waals surface area contributed by atoms with Crippen LogP contribution >= 0.6 is 0 Å². The molecule has 513 valence electrons. The summed E-state index contributed by atoms with van der Waals surface area (Å²) in [4.78, 5) is 13.1. The van der Waals surface area contributed by atoms with Crippen LogP contribution in [0.3, 0.4) is 0 Å². The van der Waals surface area contributed by atoms with Crippen molar-refractivity contribution < 1.29 is 60.3 Å². The second kappa shape index (κ2) is 40.4. The summed E-state index contributed by atoms with van der Waals surface area (Å²) in [6.07, 6.45) is 7.42. The number of hydrogen-bond acceptors (Lipinski definition) is 15. The third-order valence-electron chi connectivity index (χ3n) is 14.8. The minimum atomic E-state index is 0. The maximum absolute atomic E-state index is 4.45. The van der Waals surface area contributed by atoms with E-state index in [0.29, 0.717) is 34.9 Å². The summed E-state index contributed by atoms with van der Waals surface area (Å²) in [5.41, 5.74) is 13.7. The van der Waals surface area contributed by atoms with Crippen LogP contribution in [0.15, 0.2) is 328 Å². The van der Waals surface area contributed by atoms with Crippen LogP contribution in [0.25, 0.3) is 119 Å². The summed E-state index contributed by atoms with van der Waals surface area (Å²) in [5.74, 6) is 3.94. The number of para-hydroxylation sites is 1. The van der Waals surface area contributed by atoms with Crippen molar-refractivity contribution in [2.45, 2.75) is 13.8 Å². The van der Waals surface area contributed by atoms with Crippen molar-refractivity contribution in [2.75, 3.05) is 0 Å². The van der Waals surface area contributed by atoms with Crippen LogP contribution in [-0.2, 0) is 60.3 Å². The quantitative estimate of drug-likeness (QED) is 0.117. The number of pyridine rings is 2. The average Bonchev–Trinajstić information content (AvgIpc) is 1.34. The first-order valence-corrected chi connectivity index (χ1v) is 32.0. The van der Waals surface area contributed by atoms with Crippen LogP contribution in [0.5, 0.6) is 0 Å². The van der Waals surface area contributed by atoms with Gasteiger partial charge in [0.2, 0.25) is 17.5 Å². The largest absolute Gasteiger partial charge is 0.340 e. The normalized spacial score (nSPS) is 9.98. The fraction of sp³-hybridized carbons (Fsp3) is 0.0235. The van der Waals surface area contributed by atoms with Gasteiger partial charge in [0.15, 0.2) is 0 Å². The molecule has 11 aromatic carbocycles. The Hall–Kier alpha value is -12.0. The molecule has 104 heavy (non-hydrogen) atoms. The zero-order chi connectivity index (χ0) is 68.9. The Bertz CT molecular complexity index is 4980. The minimum absolute atomic E-state index is 0. The maximum atomic E-state index is 4.45. The predicted octanol–water partition coefficient (Wildman–Crippen LogP) is 17.4. The van der Waals surface area contributed by atoms with Gasteiger partial charge in [-0.2, -0.15) is 30.6 Å². The molecule has 6 aromatic heterocycles. The molecular weight excluding hydrogens is 1820 g/mol. The first-order valence-electron chi connectivity index (χ1n) is 32.0. The zero-order valence-corrected chi connectivity index (χ0v) is 63.0. The molecule has 0 aliphatic rings. The molecule has 17 aromatic rings. The van der Waals surface area contributed by atoms with Gasteiger partial charge in [0.1, 0.15) is 17.5 Å². The second-order valence-electron chi connectivity index (χ2n) is 22.0. The van der Waals surface area contributed by atoms with Crippen LogP contribution in [0.1, 0.15) is 11.1 Å². The smallest absolute Gasteiger partial charge is 0.201 e. The Labute approximate surface area is 644 Å². The van der Waals surface area contributed by atoms with E-state index in [1.165, 1.54) is 21.9 Å². The van der Waals surface area contributed by atoms with Gasteiger partial charge >= 0.3 is 0 Å². The Balaban J connectivity index is 0.000000145. The summed E-state index contributed by atoms with van der Waals surface area (Å²) in [5, 5.41) is 51.4. The van der Waals surface area contributed by atoms with Gasteiger partial charge in [-0.25, -0.2) is 0 Å². The van der Waals surface area contributed by atoms with E-state index in [0.717, 1.165) is 73.0 Å². The molecule has 0 amide bonds. The third-order valence-corrected chi connectivity index (χ3v) is 14.8. The molecule has 6 heterocycles. The van der Waals surface area contributed by atoms with E-state index in [4.69, 9.17) is 0 Å². The Kier molecular flexibility index (Phi) is 29.6. The fourth-order valence-corrected chi connectivity index (χ4v) is 9.79. The van der Waals surface area contributed by atoms with Crippen LogP contribution in [0.2, 0.25) is 0 Å². The van der Waals surface area contributed by atoms with Crippen LogP contribution in [0, 0.1) is 50.2 Å². The first kappa shape index (κ1) is 76.1. The molecule has 0 bridgehead atoms. The fourth-order valence-electron chi connectivity index (χ4n) is 9.79. The summed E-state index contributed by atoms with van der Waals surface area (Å²) in [6.45, 7) is 4.11. The number of rotatable bonds is 10. The molecule has 3 radical (unpaired) electrons. The standard InChI is InChI=1S/C16H13N2.C15H11N4.C15H10N.2C14H9N4.C11H8N.3Ir/c1-13-6-5-7-14(12-13)16-17-10-11-18(16)15-8-3-2-4-9-15;1-11-7-9-13(10-8-11)15-18-16-14(17-19-15)12-5-3-2-4-6-12;1-2-7-13(8-3-1)15-14-9-5-4-6-12(14)10-11-16-15;2*1-3-7-11(8-4-1)13-15-17-14(18-16-13)12-9-5-2-6-10-12;1-2-6-10(7-3-1)11-8-4-5-9-12-11;;;/h2-6,8-12H,1H3;2-5,7-10H,1H3;1-7,9-11H;2*1-9H;1-6,8-9H;;;/q6*-1;;;. The van der Waals surface area contributed by atoms with E-state index in [2.05, 4.69) is 154 Å². The van der Waals surface area contributed by atoms with E-state index in [9.17, 15) is 0 Å². The number of aromatic nitrogens is 16. The summed E-state index contributed by atoms with van der Waals surface area (Å²) >= 11 is 0. The van der Waals surface area contributed by atoms with Gasteiger partial charge in [0, 0.05) is 107 Å². The van der Waals surface area contributed by atoms with E-state index in [1.807, 2.05) is 299 Å². The molecule has 0 unspecified atom stereocenters. The molecular formula is C85H60Ir3N16-6. The van der Waals surface area contributed by atoms with Gasteiger partial charge in [0.25, 0.3) is 0 Å². The van der Waals surface area contributed by atoms with Crippen molar-refractivity contribution in [3.8, 4) is 108 Å². The van der Waals surface area contributed by atoms with Gasteiger partial charge in [0.05, 0.1) is 5.82 Å². The molecule has 0 aliphatic heterocycles. The maximum Gasteiger partial charge on any atom is 0.201 e. The molecule has 0 saturated carbocycles. The van der Waals surface area contributed by atoms with Crippen LogP contribution in [-0.4, -0.2) is 80.7 Å². The molecule has 0 aliphatic carbocycles. The van der Waals surface area contributed by atoms with E-state index in [1.54, 1.807) is 6.20 Å². The predicted molar refractivity (Wildman–Crippen MR) is 394 cm³/mol. The molecule has 0 atom stereocenters. The van der Waals surface area contributed by atoms with Crippen molar-refractivity contribution in [2.24, 2.45) is 0 Å². The summed E-state index contributed by atoms with van der Waals surface area (Å²) in [7, 11) is 0. The molecule has 19 heteroatoms. The van der Waals surface area contributed by atoms with Crippen molar-refractivity contribution in [3.05, 3.63) is 376 Å². The van der Waals surface area contributed by atoms with Gasteiger partial charge in [-0.3, -0.25) is 4.98 Å². The van der Waals surface area contributed by atoms with Gasteiger partial charge < -0.3 is 14.5 Å². The molecule has 0 spiro atoms. The Morgan fingerprint density at radius 3 is 1.12 bits per heavy atom. The van der Waals surface area contributed by atoms with Crippen molar-refractivity contribution in [3.63, 3.8) is 0 Å². The van der Waals surface area contributed by atoms with Crippen LogP contribution in [0.4, 0.5) is 0 Å². The number of imidazole rings is 1. The SMILES string of the molecule is Cc1cc[c-]c(-c2nccn2-c2ccccc2)c1.Cc1ccc(-c2nnc(-c3[c-]cccc3)nn2)cc1.[Ir].[Ir].[Ir].[c-]1ccccc1-c1ccccn1.[c-]1ccccc1-c1nccc2ccccc12.[c-]1ccccc1-c1nnc(-c2ccccc2)nn1.[c-]1ccccc1-c1nnc(-c2ccccc2)nn1. The van der Waals surface area contributed by atoms with Gasteiger partial charge in [-0.15, -0.1) is 245 Å². The molecule has 16 nitrogen and oxygen atoms in total. The summed E-state index contributed by atoms with van der Waals surface area (Å²) in [6, 6.07) is 117. The molecule has 17 rings (SSSR count). The monoisotopic (exact) mass is 1880 g/mol. The molecule has 0 fully saturated rings. The number of nitrogens with zero attached hydrogens (tertiary/aromatic N) is 16. The second-order valence-corrected chi connectivity index (χ2v) is 22.0. The molecule has 0 N–H and O–H groups in total. The van der Waals surface area contributed by atoms with E-state index >= 15 is 0 Å². The summed E-state index contributed by atoms with van der Waals surface area (Å²) < 4.78 is 2.07. The van der Waals surface area contributed by atoms with Gasteiger partial charge in [-0.1, -0.05) is 152 Å². The number of benzene rings is 11. The third kappa shape index (κ3) is 21.7. The zero-order valence-electron chi connectivity index (χ0n) is 55.8. The topological polar surface area (TPSA) is 198 Å². The number of aryl methyl sites for hydroxylation is 2. The average molecular weight is 1880 g/mol. The minimum Gasteiger partial charge on any atom is -0.340 e.